The molecule has 1 aromatic heterocycles. The predicted molar refractivity (Wildman–Crippen MR) is 104 cm³/mol. The lowest BCUT2D eigenvalue weighted by Crippen LogP contribution is -2.12. The number of hydrogen-bond acceptors (Lipinski definition) is 4. The van der Waals surface area contributed by atoms with E-state index in [0.29, 0.717) is 29.7 Å². The van der Waals surface area contributed by atoms with Crippen LogP contribution in [0, 0.1) is 0 Å². The van der Waals surface area contributed by atoms with E-state index in [1.54, 1.807) is 19.5 Å². The Labute approximate surface area is 158 Å². The highest BCUT2D eigenvalue weighted by Gasteiger charge is 2.12. The van der Waals surface area contributed by atoms with Crippen LogP contribution < -0.4 is 14.8 Å². The maximum absolute atomic E-state index is 6.43. The minimum Gasteiger partial charge on any atom is -0.493 e. The average molecular weight is 369 g/mol. The van der Waals surface area contributed by atoms with Crippen LogP contribution in [0.15, 0.2) is 67.0 Å². The van der Waals surface area contributed by atoms with Crippen LogP contribution in [0.5, 0.6) is 11.5 Å². The summed E-state index contributed by atoms with van der Waals surface area (Å²) in [5.41, 5.74) is 3.25. The zero-order valence-electron chi connectivity index (χ0n) is 14.6. The van der Waals surface area contributed by atoms with Crippen LogP contribution in [0.25, 0.3) is 0 Å². The Kier molecular flexibility index (Phi) is 6.47. The van der Waals surface area contributed by atoms with Gasteiger partial charge < -0.3 is 14.8 Å². The maximum Gasteiger partial charge on any atom is 0.180 e. The van der Waals surface area contributed by atoms with Gasteiger partial charge in [-0.1, -0.05) is 48.0 Å². The van der Waals surface area contributed by atoms with E-state index < -0.39 is 0 Å². The molecule has 0 unspecified atom stereocenters. The van der Waals surface area contributed by atoms with Crippen molar-refractivity contribution in [1.82, 2.24) is 10.3 Å². The highest BCUT2D eigenvalue weighted by molar-refractivity contribution is 6.32. The first-order valence-corrected chi connectivity index (χ1v) is 8.77. The first kappa shape index (κ1) is 18.2. The first-order chi connectivity index (χ1) is 12.8. The monoisotopic (exact) mass is 368 g/mol. The van der Waals surface area contributed by atoms with Crippen LogP contribution in [0.3, 0.4) is 0 Å². The van der Waals surface area contributed by atoms with Gasteiger partial charge in [-0.3, -0.25) is 4.98 Å². The smallest absolute Gasteiger partial charge is 0.180 e. The Morgan fingerprint density at radius 1 is 0.962 bits per heavy atom. The van der Waals surface area contributed by atoms with Gasteiger partial charge in [-0.05, 0) is 29.3 Å². The van der Waals surface area contributed by atoms with E-state index in [4.69, 9.17) is 21.1 Å². The number of methoxy groups -OCH3 is 1. The second-order valence-electron chi connectivity index (χ2n) is 5.85. The molecule has 4 nitrogen and oxygen atoms in total. The van der Waals surface area contributed by atoms with Gasteiger partial charge in [0.15, 0.2) is 11.5 Å². The van der Waals surface area contributed by atoms with E-state index in [1.165, 1.54) is 5.56 Å². The summed E-state index contributed by atoms with van der Waals surface area (Å²) in [5.74, 6) is 1.17. The first-order valence-electron chi connectivity index (χ1n) is 8.39. The van der Waals surface area contributed by atoms with Gasteiger partial charge in [0.25, 0.3) is 0 Å². The van der Waals surface area contributed by atoms with E-state index in [9.17, 15) is 0 Å². The van der Waals surface area contributed by atoms with Crippen LogP contribution in [-0.2, 0) is 19.7 Å². The quantitative estimate of drug-likeness (QED) is 0.630. The molecule has 0 saturated heterocycles. The molecule has 0 bridgehead atoms. The van der Waals surface area contributed by atoms with E-state index in [0.717, 1.165) is 17.7 Å². The van der Waals surface area contributed by atoms with Gasteiger partial charge in [0.05, 0.1) is 12.1 Å². The zero-order valence-corrected chi connectivity index (χ0v) is 15.4. The molecule has 134 valence electrons. The lowest BCUT2D eigenvalue weighted by atomic mass is 10.2. The van der Waals surface area contributed by atoms with Crippen LogP contribution in [0.1, 0.15) is 16.7 Å². The number of aromatic nitrogens is 1. The fourth-order valence-corrected chi connectivity index (χ4v) is 2.89. The number of ether oxygens (including phenoxy) is 2. The molecular weight excluding hydrogens is 348 g/mol. The summed E-state index contributed by atoms with van der Waals surface area (Å²) >= 11 is 6.43. The molecule has 0 atom stereocenters. The minimum absolute atomic E-state index is 0.384. The molecule has 1 heterocycles. The van der Waals surface area contributed by atoms with Crippen molar-refractivity contribution in [3.63, 3.8) is 0 Å². The highest BCUT2D eigenvalue weighted by Crippen LogP contribution is 2.37. The minimum atomic E-state index is 0.384. The summed E-state index contributed by atoms with van der Waals surface area (Å²) in [6.07, 6.45) is 3.50. The lowest BCUT2D eigenvalue weighted by Gasteiger charge is -2.14. The molecule has 0 spiro atoms. The summed E-state index contributed by atoms with van der Waals surface area (Å²) < 4.78 is 11.3. The standard InChI is InChI=1S/C21H21ClN2O2/c1-25-20-11-18(14-24-12-16-6-3-2-4-7-16)10-19(22)21(20)26-15-17-8-5-9-23-13-17/h2-11,13,24H,12,14-15H2,1H3. The van der Waals surface area contributed by atoms with Crippen molar-refractivity contribution in [2.24, 2.45) is 0 Å². The lowest BCUT2D eigenvalue weighted by molar-refractivity contribution is 0.284. The molecule has 0 aliphatic rings. The fourth-order valence-electron chi connectivity index (χ4n) is 2.60. The van der Waals surface area contributed by atoms with Crippen molar-refractivity contribution in [2.75, 3.05) is 7.11 Å². The molecule has 5 heteroatoms. The predicted octanol–water partition coefficient (Wildman–Crippen LogP) is 4.61. The highest BCUT2D eigenvalue weighted by atomic mass is 35.5. The normalized spacial score (nSPS) is 10.5. The molecule has 0 radical (unpaired) electrons. The van der Waals surface area contributed by atoms with E-state index in [1.807, 2.05) is 42.5 Å². The number of pyridine rings is 1. The zero-order chi connectivity index (χ0) is 18.2. The molecule has 26 heavy (non-hydrogen) atoms. The SMILES string of the molecule is COc1cc(CNCc2ccccc2)cc(Cl)c1OCc1cccnc1. The molecule has 3 rings (SSSR count). The van der Waals surface area contributed by atoms with Crippen LogP contribution in [-0.4, -0.2) is 12.1 Å². The van der Waals surface area contributed by atoms with Gasteiger partial charge in [0, 0.05) is 31.0 Å². The number of rotatable bonds is 8. The third-order valence-corrected chi connectivity index (χ3v) is 4.18. The summed E-state index contributed by atoms with van der Waals surface area (Å²) in [7, 11) is 1.61. The number of nitrogens with zero attached hydrogens (tertiary/aromatic N) is 1. The van der Waals surface area contributed by atoms with Gasteiger partial charge in [-0.25, -0.2) is 0 Å². The largest absolute Gasteiger partial charge is 0.493 e. The molecule has 0 aliphatic heterocycles. The van der Waals surface area contributed by atoms with E-state index in [2.05, 4.69) is 22.4 Å². The summed E-state index contributed by atoms with van der Waals surface area (Å²) in [5, 5.41) is 3.94. The maximum atomic E-state index is 6.43. The van der Waals surface area contributed by atoms with E-state index >= 15 is 0 Å². The van der Waals surface area contributed by atoms with Gasteiger partial charge in [0.1, 0.15) is 6.61 Å². The Morgan fingerprint density at radius 2 is 1.73 bits per heavy atom. The molecule has 2 aromatic carbocycles. The summed E-state index contributed by atoms with van der Waals surface area (Å²) in [6, 6.07) is 17.9. The molecule has 0 saturated carbocycles. The van der Waals surface area contributed by atoms with Gasteiger partial charge in [-0.2, -0.15) is 0 Å². The average Bonchev–Trinajstić information content (AvgIpc) is 2.68. The van der Waals surface area contributed by atoms with Gasteiger partial charge >= 0.3 is 0 Å². The Hall–Kier alpha value is -2.56. The second kappa shape index (κ2) is 9.22. The third-order valence-electron chi connectivity index (χ3n) is 3.90. The van der Waals surface area contributed by atoms with Crippen molar-refractivity contribution >= 4 is 11.6 Å². The molecule has 3 aromatic rings. The van der Waals surface area contributed by atoms with E-state index in [-0.39, 0.29) is 0 Å². The van der Waals surface area contributed by atoms with Crippen molar-refractivity contribution < 1.29 is 9.47 Å². The summed E-state index contributed by atoms with van der Waals surface area (Å²) in [4.78, 5) is 4.08. The number of halogens is 1. The fraction of sp³-hybridized carbons (Fsp3) is 0.190. The van der Waals surface area contributed by atoms with Gasteiger partial charge in [-0.15, -0.1) is 0 Å². The van der Waals surface area contributed by atoms with Crippen LogP contribution >= 0.6 is 11.6 Å². The molecule has 0 aliphatic carbocycles. The molecule has 0 fully saturated rings. The van der Waals surface area contributed by atoms with Crippen LogP contribution in [0.4, 0.5) is 0 Å². The van der Waals surface area contributed by atoms with Crippen LogP contribution in [0.2, 0.25) is 5.02 Å². The second-order valence-corrected chi connectivity index (χ2v) is 6.26. The van der Waals surface area contributed by atoms with Gasteiger partial charge in [0.2, 0.25) is 0 Å². The van der Waals surface area contributed by atoms with Crippen molar-refractivity contribution in [1.29, 1.82) is 0 Å². The Bertz CT molecular complexity index is 826. The number of benzene rings is 2. The third kappa shape index (κ3) is 4.97. The molecule has 1 N–H and O–H groups in total. The van der Waals surface area contributed by atoms with Crippen molar-refractivity contribution in [3.05, 3.63) is 88.7 Å². The van der Waals surface area contributed by atoms with Crippen molar-refractivity contribution in [2.45, 2.75) is 19.7 Å². The summed E-state index contributed by atoms with van der Waals surface area (Å²) in [6.45, 7) is 1.86. The Morgan fingerprint density at radius 3 is 2.46 bits per heavy atom. The number of hydrogen-bond donors (Lipinski definition) is 1. The molecule has 0 amide bonds. The number of nitrogens with one attached hydrogen (secondary N) is 1. The topological polar surface area (TPSA) is 43.4 Å². The Balaban J connectivity index is 1.64. The van der Waals surface area contributed by atoms with Crippen molar-refractivity contribution in [3.8, 4) is 11.5 Å². The molecular formula is C21H21ClN2O2.